The highest BCUT2D eigenvalue weighted by molar-refractivity contribution is 7.80. The zero-order valence-corrected chi connectivity index (χ0v) is 13.1. The molecule has 1 N–H and O–H groups in total. The maximum atomic E-state index is 5.66. The fourth-order valence-electron chi connectivity index (χ4n) is 2.62. The molecule has 1 saturated carbocycles. The summed E-state index contributed by atoms with van der Waals surface area (Å²) in [7, 11) is 0. The van der Waals surface area contributed by atoms with Crippen molar-refractivity contribution in [3.63, 3.8) is 0 Å². The monoisotopic (exact) mass is 305 g/mol. The molecule has 1 aliphatic heterocycles. The van der Waals surface area contributed by atoms with E-state index in [9.17, 15) is 0 Å². The molecule has 1 aromatic rings. The number of aromatic nitrogens is 1. The molecule has 21 heavy (non-hydrogen) atoms. The van der Waals surface area contributed by atoms with Gasteiger partial charge in [0.2, 0.25) is 0 Å². The minimum absolute atomic E-state index is 0.179. The highest BCUT2D eigenvalue weighted by Gasteiger charge is 2.25. The number of hydrogen-bond acceptors (Lipinski definition) is 4. The van der Waals surface area contributed by atoms with E-state index in [4.69, 9.17) is 17.0 Å². The van der Waals surface area contributed by atoms with Gasteiger partial charge in [0, 0.05) is 32.4 Å². The third-order valence-corrected chi connectivity index (χ3v) is 4.60. The molecule has 1 atom stereocenters. The molecule has 2 fully saturated rings. The van der Waals surface area contributed by atoms with E-state index in [2.05, 4.69) is 21.3 Å². The molecular formula is C16H23N3OS. The van der Waals surface area contributed by atoms with Crippen LogP contribution in [-0.4, -0.2) is 54.3 Å². The number of hydrogen-bond donors (Lipinski definition) is 1. The lowest BCUT2D eigenvalue weighted by Gasteiger charge is -2.30. The number of morpholine rings is 1. The summed E-state index contributed by atoms with van der Waals surface area (Å²) < 4.78 is 5.43. The topological polar surface area (TPSA) is 37.4 Å². The van der Waals surface area contributed by atoms with Gasteiger partial charge < -0.3 is 10.1 Å². The highest BCUT2D eigenvalue weighted by Crippen LogP contribution is 2.28. The number of pyridine rings is 1. The molecule has 1 saturated heterocycles. The highest BCUT2D eigenvalue weighted by atomic mass is 32.1. The Kier molecular flexibility index (Phi) is 5.17. The molecular weight excluding hydrogens is 282 g/mol. The molecule has 2 heterocycles. The minimum atomic E-state index is 0.179. The zero-order valence-electron chi connectivity index (χ0n) is 12.3. The van der Waals surface area contributed by atoms with Crippen molar-refractivity contribution in [2.45, 2.75) is 18.8 Å². The Morgan fingerprint density at radius 2 is 2.19 bits per heavy atom. The van der Waals surface area contributed by atoms with Crippen LogP contribution >= 0.6 is 12.2 Å². The average molecular weight is 305 g/mol. The van der Waals surface area contributed by atoms with E-state index in [1.807, 2.05) is 18.3 Å². The van der Waals surface area contributed by atoms with Crippen molar-refractivity contribution < 1.29 is 4.74 Å². The van der Waals surface area contributed by atoms with Crippen LogP contribution in [0.15, 0.2) is 24.4 Å². The second-order valence-electron chi connectivity index (χ2n) is 5.91. The summed E-state index contributed by atoms with van der Waals surface area (Å²) in [5, 5.41) is 3.47. The summed E-state index contributed by atoms with van der Waals surface area (Å²) in [5.74, 6) is 1.01. The van der Waals surface area contributed by atoms with Gasteiger partial charge in [-0.2, -0.15) is 0 Å². The van der Waals surface area contributed by atoms with E-state index in [0.717, 1.165) is 56.0 Å². The van der Waals surface area contributed by atoms with Gasteiger partial charge in [-0.15, -0.1) is 0 Å². The summed E-state index contributed by atoms with van der Waals surface area (Å²) in [5.41, 5.74) is 1.07. The Bertz CT molecular complexity index is 458. The fourth-order valence-corrected chi connectivity index (χ4v) is 2.90. The van der Waals surface area contributed by atoms with Crippen LogP contribution in [0.4, 0.5) is 0 Å². The van der Waals surface area contributed by atoms with E-state index in [-0.39, 0.29) is 5.92 Å². The standard InChI is InChI=1S/C16H23N3OS/c21-16(18-11-13-4-5-13)14(15-3-1-2-6-17-15)12-19-7-9-20-10-8-19/h1-3,6,13-14H,4-5,7-12H2,(H,18,21). The molecule has 5 heteroatoms. The second kappa shape index (κ2) is 7.29. The van der Waals surface area contributed by atoms with Crippen molar-refractivity contribution in [3.8, 4) is 0 Å². The lowest BCUT2D eigenvalue weighted by Crippen LogP contribution is -2.42. The molecule has 0 bridgehead atoms. The van der Waals surface area contributed by atoms with E-state index < -0.39 is 0 Å². The summed E-state index contributed by atoms with van der Waals surface area (Å²) in [4.78, 5) is 7.88. The third kappa shape index (κ3) is 4.46. The molecule has 0 aromatic carbocycles. The number of rotatable bonds is 6. The number of ether oxygens (including phenoxy) is 1. The smallest absolute Gasteiger partial charge is 0.0858 e. The first-order chi connectivity index (χ1) is 10.3. The summed E-state index contributed by atoms with van der Waals surface area (Å²) in [6.07, 6.45) is 4.53. The zero-order chi connectivity index (χ0) is 14.5. The van der Waals surface area contributed by atoms with Crippen LogP contribution in [0.5, 0.6) is 0 Å². The largest absolute Gasteiger partial charge is 0.379 e. The Morgan fingerprint density at radius 1 is 1.38 bits per heavy atom. The van der Waals surface area contributed by atoms with Gasteiger partial charge >= 0.3 is 0 Å². The average Bonchev–Trinajstić information content (AvgIpc) is 3.36. The van der Waals surface area contributed by atoms with Crippen LogP contribution in [0.2, 0.25) is 0 Å². The fraction of sp³-hybridized carbons (Fsp3) is 0.625. The van der Waals surface area contributed by atoms with Crippen LogP contribution in [0.3, 0.4) is 0 Å². The number of thiocarbonyl (C=S) groups is 1. The molecule has 0 radical (unpaired) electrons. The van der Waals surface area contributed by atoms with Gasteiger partial charge in [-0.05, 0) is 30.9 Å². The third-order valence-electron chi connectivity index (χ3n) is 4.17. The molecule has 0 amide bonds. The van der Waals surface area contributed by atoms with Gasteiger partial charge in [-0.3, -0.25) is 9.88 Å². The Balaban J connectivity index is 1.65. The molecule has 1 unspecified atom stereocenters. The predicted molar refractivity (Wildman–Crippen MR) is 87.6 cm³/mol. The summed E-state index contributed by atoms with van der Waals surface area (Å²) in [6.45, 7) is 5.54. The van der Waals surface area contributed by atoms with Crippen LogP contribution in [-0.2, 0) is 4.74 Å². The first kappa shape index (κ1) is 14.9. The predicted octanol–water partition coefficient (Wildman–Crippen LogP) is 1.82. The molecule has 114 valence electrons. The quantitative estimate of drug-likeness (QED) is 0.812. The molecule has 3 rings (SSSR count). The van der Waals surface area contributed by atoms with Gasteiger partial charge in [-0.1, -0.05) is 18.3 Å². The van der Waals surface area contributed by atoms with Gasteiger partial charge in [0.25, 0.3) is 0 Å². The molecule has 2 aliphatic rings. The van der Waals surface area contributed by atoms with Crippen molar-refractivity contribution in [2.75, 3.05) is 39.4 Å². The van der Waals surface area contributed by atoms with E-state index >= 15 is 0 Å². The van der Waals surface area contributed by atoms with Gasteiger partial charge in [0.15, 0.2) is 0 Å². The van der Waals surface area contributed by atoms with Crippen LogP contribution in [0.25, 0.3) is 0 Å². The van der Waals surface area contributed by atoms with Crippen LogP contribution in [0, 0.1) is 5.92 Å². The Morgan fingerprint density at radius 3 is 2.86 bits per heavy atom. The van der Waals surface area contributed by atoms with Crippen LogP contribution < -0.4 is 5.32 Å². The first-order valence-electron chi connectivity index (χ1n) is 7.81. The molecule has 1 aliphatic carbocycles. The van der Waals surface area contributed by atoms with E-state index in [1.54, 1.807) is 0 Å². The Labute approximate surface area is 131 Å². The second-order valence-corrected chi connectivity index (χ2v) is 6.35. The lowest BCUT2D eigenvalue weighted by molar-refractivity contribution is 0.0372. The summed E-state index contributed by atoms with van der Waals surface area (Å²) >= 11 is 5.66. The van der Waals surface area contributed by atoms with Crippen molar-refractivity contribution in [2.24, 2.45) is 5.92 Å². The summed E-state index contributed by atoms with van der Waals surface area (Å²) in [6, 6.07) is 6.07. The van der Waals surface area contributed by atoms with Crippen molar-refractivity contribution in [1.82, 2.24) is 15.2 Å². The minimum Gasteiger partial charge on any atom is -0.379 e. The van der Waals surface area contributed by atoms with E-state index in [1.165, 1.54) is 12.8 Å². The van der Waals surface area contributed by atoms with Gasteiger partial charge in [0.1, 0.15) is 0 Å². The lowest BCUT2D eigenvalue weighted by atomic mass is 10.0. The Hall–Kier alpha value is -1.04. The van der Waals surface area contributed by atoms with Crippen LogP contribution in [0.1, 0.15) is 24.5 Å². The molecule has 1 aromatic heterocycles. The molecule has 4 nitrogen and oxygen atoms in total. The van der Waals surface area contributed by atoms with Gasteiger partial charge in [-0.25, -0.2) is 0 Å². The number of nitrogens with one attached hydrogen (secondary N) is 1. The SMILES string of the molecule is S=C(NCC1CC1)C(CN1CCOCC1)c1ccccn1. The number of nitrogens with zero attached hydrogens (tertiary/aromatic N) is 2. The molecule has 0 spiro atoms. The first-order valence-corrected chi connectivity index (χ1v) is 8.22. The van der Waals surface area contributed by atoms with Crippen molar-refractivity contribution in [1.29, 1.82) is 0 Å². The van der Waals surface area contributed by atoms with E-state index in [0.29, 0.717) is 0 Å². The van der Waals surface area contributed by atoms with Crippen molar-refractivity contribution >= 4 is 17.2 Å². The normalized spacial score (nSPS) is 21.0. The van der Waals surface area contributed by atoms with Crippen molar-refractivity contribution in [3.05, 3.63) is 30.1 Å². The maximum Gasteiger partial charge on any atom is 0.0858 e. The van der Waals surface area contributed by atoms with Gasteiger partial charge in [0.05, 0.1) is 29.8 Å². The maximum absolute atomic E-state index is 5.66.